The summed E-state index contributed by atoms with van der Waals surface area (Å²) in [6, 6.07) is 10.2. The molecule has 0 amide bonds. The minimum Gasteiger partial charge on any atom is -0.389 e. The third kappa shape index (κ3) is 7.22. The molecule has 7 nitrogen and oxygen atoms in total. The van der Waals surface area contributed by atoms with Crippen molar-refractivity contribution >= 4 is 5.82 Å². The minimum atomic E-state index is -0.700. The van der Waals surface area contributed by atoms with Crippen LogP contribution >= 0.6 is 0 Å². The summed E-state index contributed by atoms with van der Waals surface area (Å²) in [7, 11) is 0. The van der Waals surface area contributed by atoms with E-state index in [9.17, 15) is 14.8 Å². The predicted molar refractivity (Wildman–Crippen MR) is 138 cm³/mol. The zero-order chi connectivity index (χ0) is 25.6. The van der Waals surface area contributed by atoms with Crippen LogP contribution in [0, 0.1) is 28.5 Å². The van der Waals surface area contributed by atoms with Gasteiger partial charge in [0.05, 0.1) is 29.0 Å². The van der Waals surface area contributed by atoms with E-state index in [0.29, 0.717) is 68.2 Å². The monoisotopic (exact) mass is 495 g/mol. The molecule has 2 fully saturated rings. The number of halogens is 1. The maximum Gasteiger partial charge on any atom is 0.150 e. The van der Waals surface area contributed by atoms with Crippen LogP contribution < -0.4 is 10.6 Å². The van der Waals surface area contributed by atoms with Gasteiger partial charge in [-0.25, -0.2) is 9.37 Å². The number of nitriles is 1. The van der Waals surface area contributed by atoms with Crippen molar-refractivity contribution in [3.05, 3.63) is 42.0 Å². The number of aromatic nitrogens is 2. The highest BCUT2D eigenvalue weighted by atomic mass is 19.1. The average molecular weight is 496 g/mol. The third-order valence-electron chi connectivity index (χ3n) is 7.40. The van der Waals surface area contributed by atoms with Gasteiger partial charge in [0, 0.05) is 43.6 Å². The van der Waals surface area contributed by atoms with Crippen LogP contribution in [0.3, 0.4) is 0 Å². The summed E-state index contributed by atoms with van der Waals surface area (Å²) in [4.78, 5) is 9.01. The third-order valence-corrected chi connectivity index (χ3v) is 7.40. The lowest BCUT2D eigenvalue weighted by Gasteiger charge is -2.31. The van der Waals surface area contributed by atoms with E-state index in [1.807, 2.05) is 32.0 Å². The molecule has 3 N–H and O–H groups in total. The average Bonchev–Trinajstić information content (AvgIpc) is 2.88. The Morgan fingerprint density at radius 1 is 1.22 bits per heavy atom. The first-order chi connectivity index (χ1) is 17.3. The molecule has 194 valence electrons. The van der Waals surface area contributed by atoms with Crippen molar-refractivity contribution in [1.82, 2.24) is 15.3 Å². The fourth-order valence-electron chi connectivity index (χ4n) is 5.08. The number of anilines is 1. The molecule has 2 aliphatic rings. The summed E-state index contributed by atoms with van der Waals surface area (Å²) in [6.45, 7) is 5.90. The van der Waals surface area contributed by atoms with Crippen LogP contribution in [0.25, 0.3) is 11.3 Å². The molecule has 0 unspecified atom stereocenters. The summed E-state index contributed by atoms with van der Waals surface area (Å²) < 4.78 is 20.2. The Kier molecular flexibility index (Phi) is 8.55. The largest absolute Gasteiger partial charge is 0.389 e. The van der Waals surface area contributed by atoms with E-state index in [4.69, 9.17) is 4.74 Å². The van der Waals surface area contributed by atoms with Crippen LogP contribution in [0.4, 0.5) is 10.2 Å². The minimum absolute atomic E-state index is 0.388. The summed E-state index contributed by atoms with van der Waals surface area (Å²) in [5.41, 5.74) is 0.719. The van der Waals surface area contributed by atoms with Gasteiger partial charge >= 0.3 is 0 Å². The van der Waals surface area contributed by atoms with Gasteiger partial charge in [0.15, 0.2) is 5.82 Å². The van der Waals surface area contributed by atoms with Gasteiger partial charge in [0.25, 0.3) is 0 Å². The zero-order valence-electron chi connectivity index (χ0n) is 21.4. The fourth-order valence-corrected chi connectivity index (χ4v) is 5.08. The maximum atomic E-state index is 14.8. The number of nitrogens with zero attached hydrogens (tertiary/aromatic N) is 3. The van der Waals surface area contributed by atoms with Crippen molar-refractivity contribution in [1.29, 1.82) is 5.26 Å². The molecule has 1 saturated carbocycles. The molecule has 36 heavy (non-hydrogen) atoms. The molecule has 0 radical (unpaired) electrons. The predicted octanol–water partition coefficient (Wildman–Crippen LogP) is 4.48. The van der Waals surface area contributed by atoms with E-state index in [2.05, 4.69) is 26.7 Å². The van der Waals surface area contributed by atoms with Crippen LogP contribution in [0.1, 0.15) is 58.1 Å². The second-order valence-corrected chi connectivity index (χ2v) is 11.0. The van der Waals surface area contributed by atoms with Crippen LogP contribution in [0.5, 0.6) is 0 Å². The molecule has 1 saturated heterocycles. The Labute approximate surface area is 213 Å². The van der Waals surface area contributed by atoms with E-state index in [1.54, 1.807) is 6.07 Å². The number of ether oxygens (including phenoxy) is 1. The molecule has 0 bridgehead atoms. The lowest BCUT2D eigenvalue weighted by molar-refractivity contribution is 0.0455. The highest BCUT2D eigenvalue weighted by molar-refractivity contribution is 5.62. The van der Waals surface area contributed by atoms with Crippen molar-refractivity contribution in [2.75, 3.05) is 31.6 Å². The Bertz CT molecular complexity index is 1050. The first kappa shape index (κ1) is 26.5. The van der Waals surface area contributed by atoms with Gasteiger partial charge in [-0.1, -0.05) is 6.07 Å². The van der Waals surface area contributed by atoms with Crippen molar-refractivity contribution in [3.63, 3.8) is 0 Å². The van der Waals surface area contributed by atoms with Crippen LogP contribution in [0.2, 0.25) is 0 Å². The van der Waals surface area contributed by atoms with E-state index in [-0.39, 0.29) is 5.82 Å². The molecule has 0 spiro atoms. The van der Waals surface area contributed by atoms with Crippen molar-refractivity contribution in [2.45, 2.75) is 70.4 Å². The zero-order valence-corrected chi connectivity index (χ0v) is 21.4. The smallest absolute Gasteiger partial charge is 0.150 e. The van der Waals surface area contributed by atoms with Crippen LogP contribution in [-0.2, 0) is 11.2 Å². The second-order valence-electron chi connectivity index (χ2n) is 11.0. The summed E-state index contributed by atoms with van der Waals surface area (Å²) >= 11 is 0. The second kappa shape index (κ2) is 11.6. The van der Waals surface area contributed by atoms with E-state index in [0.717, 1.165) is 37.8 Å². The maximum absolute atomic E-state index is 14.8. The molecule has 0 atom stereocenters. The molecule has 2 aromatic rings. The number of hydrogen-bond acceptors (Lipinski definition) is 7. The number of hydrogen-bond donors (Lipinski definition) is 3. The SMILES string of the molecule is CC(C)(O)CNC1CCC(Cc2cc(-c3cccc(NCC4(C#N)CCOCC4)n3)c(F)cn2)CC1. The van der Waals surface area contributed by atoms with Gasteiger partial charge < -0.3 is 20.5 Å². The molecule has 3 heterocycles. The van der Waals surface area contributed by atoms with Gasteiger partial charge in [-0.3, -0.25) is 4.98 Å². The molecular formula is C28H38FN5O2. The highest BCUT2D eigenvalue weighted by Crippen LogP contribution is 2.31. The first-order valence-electron chi connectivity index (χ1n) is 13.1. The summed E-state index contributed by atoms with van der Waals surface area (Å²) in [5, 5.41) is 26.4. The normalized spacial score (nSPS) is 22.1. The highest BCUT2D eigenvalue weighted by Gasteiger charge is 2.32. The van der Waals surface area contributed by atoms with Gasteiger partial charge in [-0.2, -0.15) is 5.26 Å². The topological polar surface area (TPSA) is 103 Å². The number of rotatable bonds is 9. The quantitative estimate of drug-likeness (QED) is 0.471. The molecular weight excluding hydrogens is 457 g/mol. The van der Waals surface area contributed by atoms with E-state index < -0.39 is 11.0 Å². The van der Waals surface area contributed by atoms with Gasteiger partial charge in [-0.15, -0.1) is 0 Å². The molecule has 8 heteroatoms. The Hall–Kier alpha value is -2.60. The fraction of sp³-hybridized carbons (Fsp3) is 0.607. The molecule has 4 rings (SSSR count). The number of pyridine rings is 2. The molecule has 2 aromatic heterocycles. The Morgan fingerprint density at radius 2 is 1.97 bits per heavy atom. The van der Waals surface area contributed by atoms with Gasteiger partial charge in [-0.05, 0) is 82.9 Å². The van der Waals surface area contributed by atoms with Gasteiger partial charge in [0.2, 0.25) is 0 Å². The summed E-state index contributed by atoms with van der Waals surface area (Å²) in [5.74, 6) is 0.753. The van der Waals surface area contributed by atoms with Crippen molar-refractivity contribution in [2.24, 2.45) is 11.3 Å². The van der Waals surface area contributed by atoms with Crippen LogP contribution in [0.15, 0.2) is 30.5 Å². The number of aliphatic hydroxyl groups is 1. The molecule has 1 aliphatic carbocycles. The van der Waals surface area contributed by atoms with Gasteiger partial charge in [0.1, 0.15) is 5.82 Å². The van der Waals surface area contributed by atoms with Crippen molar-refractivity contribution in [3.8, 4) is 17.3 Å². The van der Waals surface area contributed by atoms with Crippen molar-refractivity contribution < 1.29 is 14.2 Å². The standard InChI is InChI=1S/C28H38FN5O2/c1-27(2,35)18-32-21-8-6-20(7-9-21)14-22-15-23(24(29)16-31-22)25-4-3-5-26(34-25)33-19-28(17-30)10-12-36-13-11-28/h3-5,15-16,20-21,32,35H,6-14,18-19H2,1-2H3,(H,33,34). The summed E-state index contributed by atoms with van der Waals surface area (Å²) in [6.07, 6.45) is 7.81. The van der Waals surface area contributed by atoms with Crippen LogP contribution in [-0.4, -0.2) is 53.0 Å². The molecule has 0 aromatic carbocycles. The van der Waals surface area contributed by atoms with E-state index in [1.165, 1.54) is 6.20 Å². The Morgan fingerprint density at radius 3 is 2.67 bits per heavy atom. The first-order valence-corrected chi connectivity index (χ1v) is 13.1. The lowest BCUT2D eigenvalue weighted by atomic mass is 9.82. The lowest BCUT2D eigenvalue weighted by Crippen LogP contribution is -2.42. The molecule has 1 aliphatic heterocycles. The number of nitrogens with one attached hydrogen (secondary N) is 2. The Balaban J connectivity index is 1.37. The van der Waals surface area contributed by atoms with E-state index >= 15 is 0 Å².